The Morgan fingerprint density at radius 3 is 2.50 bits per heavy atom. The van der Waals surface area contributed by atoms with Crippen molar-refractivity contribution in [2.24, 2.45) is 5.92 Å². The van der Waals surface area contributed by atoms with Crippen LogP contribution in [0.1, 0.15) is 38.5 Å². The molecule has 0 spiro atoms. The number of hydrogen-bond donors (Lipinski definition) is 1. The highest BCUT2D eigenvalue weighted by molar-refractivity contribution is 7.89. The summed E-state index contributed by atoms with van der Waals surface area (Å²) >= 11 is 0. The first kappa shape index (κ1) is 19.3. The van der Waals surface area contributed by atoms with Gasteiger partial charge in [-0.3, -0.25) is 4.79 Å². The van der Waals surface area contributed by atoms with Crippen LogP contribution < -0.4 is 0 Å². The predicted molar refractivity (Wildman–Crippen MR) is 99.0 cm³/mol. The molecule has 1 amide bonds. The molecule has 0 bridgehead atoms. The Kier molecular flexibility index (Phi) is 5.99. The minimum Gasteiger partial charge on any atom is -0.391 e. The van der Waals surface area contributed by atoms with Crippen LogP contribution in [0.2, 0.25) is 0 Å². The maximum atomic E-state index is 12.9. The van der Waals surface area contributed by atoms with Crippen molar-refractivity contribution in [3.63, 3.8) is 0 Å². The Morgan fingerprint density at radius 1 is 1.12 bits per heavy atom. The molecule has 1 aromatic carbocycles. The Hall–Kier alpha value is -1.44. The number of carbonyl (C=O) groups is 1. The van der Waals surface area contributed by atoms with Gasteiger partial charge in [0.1, 0.15) is 0 Å². The molecule has 1 saturated carbocycles. The molecule has 1 heterocycles. The summed E-state index contributed by atoms with van der Waals surface area (Å²) in [5.74, 6) is -0.398. The monoisotopic (exact) mass is 380 g/mol. The Bertz CT molecular complexity index is 722. The van der Waals surface area contributed by atoms with Crippen molar-refractivity contribution < 1.29 is 18.3 Å². The van der Waals surface area contributed by atoms with E-state index in [1.54, 1.807) is 42.3 Å². The molecule has 3 atom stereocenters. The molecule has 1 saturated heterocycles. The van der Waals surface area contributed by atoms with Gasteiger partial charge in [-0.25, -0.2) is 8.42 Å². The van der Waals surface area contributed by atoms with Crippen LogP contribution in [0, 0.1) is 5.92 Å². The van der Waals surface area contributed by atoms with E-state index in [1.165, 1.54) is 4.31 Å². The Balaban J connectivity index is 1.71. The number of aliphatic hydroxyl groups excluding tert-OH is 1. The van der Waals surface area contributed by atoms with Crippen LogP contribution in [0.4, 0.5) is 0 Å². The number of benzene rings is 1. The van der Waals surface area contributed by atoms with Gasteiger partial charge in [-0.15, -0.1) is 0 Å². The van der Waals surface area contributed by atoms with Gasteiger partial charge in [0.25, 0.3) is 0 Å². The summed E-state index contributed by atoms with van der Waals surface area (Å²) in [5, 5.41) is 10.2. The van der Waals surface area contributed by atoms with Crippen LogP contribution in [-0.2, 0) is 14.8 Å². The van der Waals surface area contributed by atoms with E-state index in [9.17, 15) is 18.3 Å². The second kappa shape index (κ2) is 8.06. The molecule has 2 fully saturated rings. The highest BCUT2D eigenvalue weighted by Gasteiger charge is 2.37. The third kappa shape index (κ3) is 3.94. The lowest BCUT2D eigenvalue weighted by atomic mass is 9.90. The molecule has 144 valence electrons. The topological polar surface area (TPSA) is 77.9 Å². The smallest absolute Gasteiger partial charge is 0.243 e. The average molecular weight is 381 g/mol. The molecule has 1 N–H and O–H groups in total. The maximum absolute atomic E-state index is 12.9. The van der Waals surface area contributed by atoms with Gasteiger partial charge in [0.15, 0.2) is 0 Å². The van der Waals surface area contributed by atoms with Crippen LogP contribution in [-0.4, -0.2) is 60.9 Å². The molecule has 3 rings (SSSR count). The molecule has 7 heteroatoms. The maximum Gasteiger partial charge on any atom is 0.243 e. The third-order valence-electron chi connectivity index (χ3n) is 5.65. The zero-order valence-electron chi connectivity index (χ0n) is 15.3. The molecular formula is C19H28N2O4S. The van der Waals surface area contributed by atoms with Crippen LogP contribution in [0.25, 0.3) is 0 Å². The van der Waals surface area contributed by atoms with E-state index < -0.39 is 16.1 Å². The van der Waals surface area contributed by atoms with Crippen molar-refractivity contribution in [2.75, 3.05) is 20.1 Å². The fourth-order valence-corrected chi connectivity index (χ4v) is 5.64. The highest BCUT2D eigenvalue weighted by atomic mass is 32.2. The first-order chi connectivity index (χ1) is 12.4. The minimum absolute atomic E-state index is 0.0519. The van der Waals surface area contributed by atoms with E-state index in [-0.39, 0.29) is 29.3 Å². The summed E-state index contributed by atoms with van der Waals surface area (Å²) in [5.41, 5.74) is 0. The number of aliphatic hydroxyl groups is 1. The van der Waals surface area contributed by atoms with Gasteiger partial charge in [-0.05, 0) is 37.8 Å². The van der Waals surface area contributed by atoms with Crippen LogP contribution in [0.15, 0.2) is 35.2 Å². The highest BCUT2D eigenvalue weighted by Crippen LogP contribution is 2.28. The van der Waals surface area contributed by atoms with E-state index in [0.29, 0.717) is 19.4 Å². The van der Waals surface area contributed by atoms with Crippen molar-refractivity contribution in [2.45, 2.75) is 55.6 Å². The second-order valence-electron chi connectivity index (χ2n) is 7.38. The van der Waals surface area contributed by atoms with Gasteiger partial charge in [-0.2, -0.15) is 4.31 Å². The molecule has 0 unspecified atom stereocenters. The lowest BCUT2D eigenvalue weighted by Gasteiger charge is -2.39. The third-order valence-corrected chi connectivity index (χ3v) is 7.53. The van der Waals surface area contributed by atoms with Crippen molar-refractivity contribution in [1.82, 2.24) is 9.21 Å². The fraction of sp³-hybridized carbons (Fsp3) is 0.632. The number of hydrogen-bond acceptors (Lipinski definition) is 4. The fourth-order valence-electron chi connectivity index (χ4n) is 4.10. The summed E-state index contributed by atoms with van der Waals surface area (Å²) in [7, 11) is -1.83. The van der Waals surface area contributed by atoms with Crippen molar-refractivity contribution in [1.29, 1.82) is 0 Å². The summed E-state index contributed by atoms with van der Waals surface area (Å²) in [6.45, 7) is 0.653. The standard InChI is InChI=1S/C19H28N2O4S/c1-20(17-11-5-6-12-18(17)22)19(23)15-8-7-13-21(14-15)26(24,25)16-9-3-2-4-10-16/h2-4,9-10,15,17-18,22H,5-8,11-14H2,1H3/t15-,17+,18+/m0/s1. The SMILES string of the molecule is CN(C(=O)[C@H]1CCCN(S(=O)(=O)c2ccccc2)C1)[C@@H]1CCCC[C@H]1O. The van der Waals surface area contributed by atoms with E-state index in [1.807, 2.05) is 0 Å². The normalized spacial score (nSPS) is 27.8. The summed E-state index contributed by atoms with van der Waals surface area (Å²) in [6, 6.07) is 8.22. The Morgan fingerprint density at radius 2 is 1.81 bits per heavy atom. The largest absolute Gasteiger partial charge is 0.391 e. The van der Waals surface area contributed by atoms with Crippen molar-refractivity contribution in [3.8, 4) is 0 Å². The van der Waals surface area contributed by atoms with Crippen LogP contribution >= 0.6 is 0 Å². The predicted octanol–water partition coefficient (Wildman–Crippen LogP) is 1.85. The van der Waals surface area contributed by atoms with Gasteiger partial charge < -0.3 is 10.0 Å². The molecule has 0 radical (unpaired) electrons. The molecule has 0 aromatic heterocycles. The quantitative estimate of drug-likeness (QED) is 0.865. The average Bonchev–Trinajstić information content (AvgIpc) is 2.68. The zero-order chi connectivity index (χ0) is 18.7. The molecule has 1 aromatic rings. The number of sulfonamides is 1. The number of carbonyl (C=O) groups excluding carboxylic acids is 1. The summed E-state index contributed by atoms with van der Waals surface area (Å²) in [4.78, 5) is 14.9. The number of piperidine rings is 1. The molecule has 26 heavy (non-hydrogen) atoms. The number of nitrogens with zero attached hydrogens (tertiary/aromatic N) is 2. The zero-order valence-corrected chi connectivity index (χ0v) is 16.1. The van der Waals surface area contributed by atoms with Crippen molar-refractivity contribution >= 4 is 15.9 Å². The molecule has 6 nitrogen and oxygen atoms in total. The minimum atomic E-state index is -3.58. The van der Waals surface area contributed by atoms with Gasteiger partial charge >= 0.3 is 0 Å². The van der Waals surface area contributed by atoms with Gasteiger partial charge in [-0.1, -0.05) is 31.0 Å². The van der Waals surface area contributed by atoms with Crippen LogP contribution in [0.5, 0.6) is 0 Å². The lowest BCUT2D eigenvalue weighted by Crippen LogP contribution is -2.51. The summed E-state index contributed by atoms with van der Waals surface area (Å²) < 4.78 is 27.1. The van der Waals surface area contributed by atoms with E-state index >= 15 is 0 Å². The Labute approximate surface area is 155 Å². The summed E-state index contributed by atoms with van der Waals surface area (Å²) in [6.07, 6.45) is 4.41. The van der Waals surface area contributed by atoms with Gasteiger partial charge in [0, 0.05) is 20.1 Å². The van der Waals surface area contributed by atoms with Crippen LogP contribution in [0.3, 0.4) is 0 Å². The molecule has 1 aliphatic carbocycles. The number of likely N-dealkylation sites (N-methyl/N-ethyl adjacent to an activating group) is 1. The van der Waals surface area contributed by atoms with Crippen molar-refractivity contribution in [3.05, 3.63) is 30.3 Å². The van der Waals surface area contributed by atoms with E-state index in [2.05, 4.69) is 0 Å². The van der Waals surface area contributed by atoms with E-state index in [4.69, 9.17) is 0 Å². The molecular weight excluding hydrogens is 352 g/mol. The first-order valence-corrected chi connectivity index (χ1v) is 10.8. The van der Waals surface area contributed by atoms with E-state index in [0.717, 1.165) is 25.7 Å². The van der Waals surface area contributed by atoms with Gasteiger partial charge in [0.2, 0.25) is 15.9 Å². The number of amides is 1. The number of rotatable bonds is 4. The van der Waals surface area contributed by atoms with Gasteiger partial charge in [0.05, 0.1) is 23.0 Å². The first-order valence-electron chi connectivity index (χ1n) is 9.41. The second-order valence-corrected chi connectivity index (χ2v) is 9.32. The molecule has 1 aliphatic heterocycles. The molecule has 2 aliphatic rings. The lowest BCUT2D eigenvalue weighted by molar-refractivity contribution is -0.140.